The summed E-state index contributed by atoms with van der Waals surface area (Å²) >= 11 is 0. The van der Waals surface area contributed by atoms with E-state index in [1.807, 2.05) is 12.1 Å². The van der Waals surface area contributed by atoms with E-state index in [0.29, 0.717) is 12.2 Å². The minimum absolute atomic E-state index is 0.148. The second-order valence-corrected chi connectivity index (χ2v) is 4.68. The maximum absolute atomic E-state index is 14.0. The van der Waals surface area contributed by atoms with Gasteiger partial charge in [0, 0.05) is 19.6 Å². The maximum atomic E-state index is 14.0. The highest BCUT2D eigenvalue weighted by Crippen LogP contribution is 2.21. The van der Waals surface area contributed by atoms with Gasteiger partial charge in [-0.3, -0.25) is 0 Å². The fourth-order valence-electron chi connectivity index (χ4n) is 1.98. The molecule has 0 radical (unpaired) electrons. The van der Waals surface area contributed by atoms with Gasteiger partial charge in [-0.25, -0.2) is 4.39 Å². The Hall–Kier alpha value is -1.09. The van der Waals surface area contributed by atoms with Crippen molar-refractivity contribution in [1.29, 1.82) is 0 Å². The molecule has 3 heteroatoms. The Morgan fingerprint density at radius 2 is 1.72 bits per heavy atom. The van der Waals surface area contributed by atoms with Crippen LogP contribution < -0.4 is 10.6 Å². The average molecular weight is 252 g/mol. The molecule has 0 aliphatic rings. The topological polar surface area (TPSA) is 29.3 Å². The van der Waals surface area contributed by atoms with Gasteiger partial charge in [-0.05, 0) is 30.5 Å². The van der Waals surface area contributed by atoms with Crippen LogP contribution >= 0.6 is 0 Å². The standard InChI is InChI=1S/C15H25FN2/c1-3-5-9-18(10-6-4-2)15-8-7-13(12-17)11-14(15)16/h7-8,11H,3-6,9-10,12,17H2,1-2H3. The predicted molar refractivity (Wildman–Crippen MR) is 76.3 cm³/mol. The summed E-state index contributed by atoms with van der Waals surface area (Å²) in [6, 6.07) is 5.34. The van der Waals surface area contributed by atoms with Crippen LogP contribution in [-0.2, 0) is 6.54 Å². The largest absolute Gasteiger partial charge is 0.369 e. The van der Waals surface area contributed by atoms with Gasteiger partial charge in [0.05, 0.1) is 5.69 Å². The Bertz CT molecular complexity index is 344. The first-order valence-corrected chi connectivity index (χ1v) is 6.96. The molecule has 2 N–H and O–H groups in total. The van der Waals surface area contributed by atoms with Crippen molar-refractivity contribution in [1.82, 2.24) is 0 Å². The molecule has 0 spiro atoms. The van der Waals surface area contributed by atoms with Crippen molar-refractivity contribution >= 4 is 5.69 Å². The first-order valence-electron chi connectivity index (χ1n) is 6.96. The molecule has 2 nitrogen and oxygen atoms in total. The van der Waals surface area contributed by atoms with Crippen molar-refractivity contribution in [2.24, 2.45) is 5.73 Å². The molecular formula is C15H25FN2. The van der Waals surface area contributed by atoms with E-state index in [1.165, 1.54) is 0 Å². The molecule has 0 aromatic heterocycles. The van der Waals surface area contributed by atoms with E-state index in [0.717, 1.165) is 44.3 Å². The van der Waals surface area contributed by atoms with Gasteiger partial charge in [-0.2, -0.15) is 0 Å². The third kappa shape index (κ3) is 4.30. The first-order chi connectivity index (χ1) is 8.72. The van der Waals surface area contributed by atoms with Gasteiger partial charge in [0.25, 0.3) is 0 Å². The Morgan fingerprint density at radius 1 is 1.11 bits per heavy atom. The number of rotatable bonds is 8. The summed E-state index contributed by atoms with van der Waals surface area (Å²) in [6.07, 6.45) is 4.46. The van der Waals surface area contributed by atoms with Crippen LogP contribution in [0.25, 0.3) is 0 Å². The summed E-state index contributed by atoms with van der Waals surface area (Å²) < 4.78 is 14.0. The molecule has 0 saturated heterocycles. The van der Waals surface area contributed by atoms with E-state index >= 15 is 0 Å². The number of anilines is 1. The normalized spacial score (nSPS) is 10.7. The quantitative estimate of drug-likeness (QED) is 0.764. The fraction of sp³-hybridized carbons (Fsp3) is 0.600. The molecule has 1 aromatic carbocycles. The summed E-state index contributed by atoms with van der Waals surface area (Å²) in [5, 5.41) is 0. The molecule has 102 valence electrons. The zero-order valence-corrected chi connectivity index (χ0v) is 11.6. The summed E-state index contributed by atoms with van der Waals surface area (Å²) in [6.45, 7) is 6.56. The SMILES string of the molecule is CCCCN(CCCC)c1ccc(CN)cc1F. The lowest BCUT2D eigenvalue weighted by Gasteiger charge is -2.25. The minimum atomic E-state index is -0.148. The van der Waals surface area contributed by atoms with Crippen LogP contribution in [-0.4, -0.2) is 13.1 Å². The lowest BCUT2D eigenvalue weighted by Crippen LogP contribution is -2.26. The van der Waals surface area contributed by atoms with E-state index in [-0.39, 0.29) is 5.82 Å². The van der Waals surface area contributed by atoms with Crippen LogP contribution in [0.2, 0.25) is 0 Å². The highest BCUT2D eigenvalue weighted by atomic mass is 19.1. The molecule has 0 unspecified atom stereocenters. The highest BCUT2D eigenvalue weighted by Gasteiger charge is 2.11. The Balaban J connectivity index is 2.82. The van der Waals surface area contributed by atoms with E-state index < -0.39 is 0 Å². The number of nitrogens with two attached hydrogens (primary N) is 1. The molecule has 1 aromatic rings. The summed E-state index contributed by atoms with van der Waals surface area (Å²) in [4.78, 5) is 2.16. The summed E-state index contributed by atoms with van der Waals surface area (Å²) in [7, 11) is 0. The third-order valence-corrected chi connectivity index (χ3v) is 3.15. The number of halogens is 1. The maximum Gasteiger partial charge on any atom is 0.146 e. The zero-order chi connectivity index (χ0) is 13.4. The monoisotopic (exact) mass is 252 g/mol. The number of nitrogens with zero attached hydrogens (tertiary/aromatic N) is 1. The average Bonchev–Trinajstić information content (AvgIpc) is 2.39. The Kier molecular flexibility index (Phi) is 6.73. The van der Waals surface area contributed by atoms with Crippen LogP contribution in [0.4, 0.5) is 10.1 Å². The van der Waals surface area contributed by atoms with Gasteiger partial charge >= 0.3 is 0 Å². The fourth-order valence-corrected chi connectivity index (χ4v) is 1.98. The molecule has 0 amide bonds. The van der Waals surface area contributed by atoms with Gasteiger partial charge in [-0.15, -0.1) is 0 Å². The molecule has 1 rings (SSSR count). The molecule has 0 aliphatic carbocycles. The zero-order valence-electron chi connectivity index (χ0n) is 11.6. The molecular weight excluding hydrogens is 227 g/mol. The van der Waals surface area contributed by atoms with Crippen molar-refractivity contribution in [2.45, 2.75) is 46.1 Å². The Labute approximate surface area is 110 Å². The van der Waals surface area contributed by atoms with Crippen molar-refractivity contribution in [3.8, 4) is 0 Å². The molecule has 0 heterocycles. The number of unbranched alkanes of at least 4 members (excludes halogenated alkanes) is 2. The Morgan fingerprint density at radius 3 is 2.17 bits per heavy atom. The summed E-state index contributed by atoms with van der Waals surface area (Å²) in [5.74, 6) is -0.148. The number of hydrogen-bond donors (Lipinski definition) is 1. The van der Waals surface area contributed by atoms with Crippen LogP contribution in [0.1, 0.15) is 45.1 Å². The lowest BCUT2D eigenvalue weighted by molar-refractivity contribution is 0.603. The van der Waals surface area contributed by atoms with Crippen LogP contribution in [0.3, 0.4) is 0 Å². The van der Waals surface area contributed by atoms with Crippen molar-refractivity contribution < 1.29 is 4.39 Å². The second kappa shape index (κ2) is 8.09. The van der Waals surface area contributed by atoms with Crippen LogP contribution in [0, 0.1) is 5.82 Å². The smallest absolute Gasteiger partial charge is 0.146 e. The van der Waals surface area contributed by atoms with Gasteiger partial charge in [0.15, 0.2) is 0 Å². The first kappa shape index (κ1) is 15.0. The molecule has 0 aliphatic heterocycles. The van der Waals surface area contributed by atoms with Crippen molar-refractivity contribution in [3.63, 3.8) is 0 Å². The summed E-state index contributed by atoms with van der Waals surface area (Å²) in [5.41, 5.74) is 7.09. The van der Waals surface area contributed by atoms with Crippen LogP contribution in [0.5, 0.6) is 0 Å². The molecule has 0 fully saturated rings. The predicted octanol–water partition coefficient (Wildman–Crippen LogP) is 3.69. The van der Waals surface area contributed by atoms with Crippen molar-refractivity contribution in [3.05, 3.63) is 29.6 Å². The lowest BCUT2D eigenvalue weighted by atomic mass is 10.1. The number of hydrogen-bond acceptors (Lipinski definition) is 2. The van der Waals surface area contributed by atoms with E-state index in [2.05, 4.69) is 18.7 Å². The third-order valence-electron chi connectivity index (χ3n) is 3.15. The van der Waals surface area contributed by atoms with Crippen molar-refractivity contribution in [2.75, 3.05) is 18.0 Å². The van der Waals surface area contributed by atoms with Gasteiger partial charge in [-0.1, -0.05) is 32.8 Å². The van der Waals surface area contributed by atoms with Gasteiger partial charge in [0.1, 0.15) is 5.82 Å². The highest BCUT2D eigenvalue weighted by molar-refractivity contribution is 5.49. The second-order valence-electron chi connectivity index (χ2n) is 4.68. The number of benzene rings is 1. The van der Waals surface area contributed by atoms with E-state index in [1.54, 1.807) is 6.07 Å². The molecule has 18 heavy (non-hydrogen) atoms. The van der Waals surface area contributed by atoms with Gasteiger partial charge in [0.2, 0.25) is 0 Å². The molecule has 0 bridgehead atoms. The van der Waals surface area contributed by atoms with E-state index in [9.17, 15) is 4.39 Å². The van der Waals surface area contributed by atoms with Crippen LogP contribution in [0.15, 0.2) is 18.2 Å². The van der Waals surface area contributed by atoms with E-state index in [4.69, 9.17) is 5.73 Å². The molecule has 0 atom stereocenters. The van der Waals surface area contributed by atoms with Gasteiger partial charge < -0.3 is 10.6 Å². The minimum Gasteiger partial charge on any atom is -0.369 e. The molecule has 0 saturated carbocycles.